The number of carbonyl (C=O) groups is 1. The monoisotopic (exact) mass is 167 g/mol. The van der Waals surface area contributed by atoms with E-state index in [2.05, 4.69) is 5.18 Å². The minimum atomic E-state index is 0.375. The van der Waals surface area contributed by atoms with Gasteiger partial charge in [-0.1, -0.05) is 11.8 Å². The van der Waals surface area contributed by atoms with Crippen molar-refractivity contribution < 1.29 is 4.79 Å². The minimum Gasteiger partial charge on any atom is -0.291 e. The van der Waals surface area contributed by atoms with Gasteiger partial charge >= 0.3 is 0 Å². The smallest absolute Gasteiger partial charge is 0.180 e. The number of nitrogens with zero attached hydrogens (tertiary/aromatic N) is 1. The molecule has 0 spiro atoms. The molecule has 56 valence electrons. The van der Waals surface area contributed by atoms with Crippen molar-refractivity contribution in [2.75, 3.05) is 0 Å². The van der Waals surface area contributed by atoms with Crippen molar-refractivity contribution in [2.24, 2.45) is 5.18 Å². The first-order valence-electron chi connectivity index (χ1n) is 2.90. The van der Waals surface area contributed by atoms with E-state index in [1.807, 2.05) is 0 Å². The standard InChI is InChI=1S/C7H5NO2S/c9-5-11-7-3-1-6(8-10)2-4-7/h1-5H. The van der Waals surface area contributed by atoms with Gasteiger partial charge in [0.2, 0.25) is 0 Å². The molecule has 0 bridgehead atoms. The van der Waals surface area contributed by atoms with Crippen LogP contribution in [-0.4, -0.2) is 5.62 Å². The third kappa shape index (κ3) is 2.16. The third-order valence-electron chi connectivity index (χ3n) is 1.13. The summed E-state index contributed by atoms with van der Waals surface area (Å²) in [6.45, 7) is 0. The minimum absolute atomic E-state index is 0.375. The van der Waals surface area contributed by atoms with E-state index in [0.717, 1.165) is 22.3 Å². The molecule has 0 saturated heterocycles. The van der Waals surface area contributed by atoms with Gasteiger partial charge in [0, 0.05) is 4.90 Å². The highest BCUT2D eigenvalue weighted by Gasteiger charge is 1.92. The lowest BCUT2D eigenvalue weighted by molar-refractivity contribution is 0.570. The highest BCUT2D eigenvalue weighted by molar-refractivity contribution is 8.11. The van der Waals surface area contributed by atoms with Crippen LogP contribution >= 0.6 is 11.8 Å². The zero-order valence-electron chi connectivity index (χ0n) is 5.56. The average Bonchev–Trinajstić information content (AvgIpc) is 2.07. The molecule has 1 aromatic rings. The fourth-order valence-electron chi connectivity index (χ4n) is 0.641. The van der Waals surface area contributed by atoms with Crippen molar-refractivity contribution in [1.82, 2.24) is 0 Å². The Morgan fingerprint density at radius 1 is 1.27 bits per heavy atom. The maximum Gasteiger partial charge on any atom is 0.180 e. The van der Waals surface area contributed by atoms with E-state index in [1.165, 1.54) is 0 Å². The SMILES string of the molecule is O=CSc1ccc(N=O)cc1. The molecule has 0 aliphatic carbocycles. The lowest BCUT2D eigenvalue weighted by atomic mass is 10.3. The Balaban J connectivity index is 2.81. The van der Waals surface area contributed by atoms with Crippen LogP contribution in [0.1, 0.15) is 0 Å². The normalized spacial score (nSPS) is 9.09. The molecule has 0 aliphatic rings. The highest BCUT2D eigenvalue weighted by Crippen LogP contribution is 2.19. The molecule has 0 saturated carbocycles. The number of rotatable bonds is 3. The number of thioether (sulfide) groups is 1. The predicted octanol–water partition coefficient (Wildman–Crippen LogP) is 2.37. The van der Waals surface area contributed by atoms with Gasteiger partial charge in [0.25, 0.3) is 0 Å². The van der Waals surface area contributed by atoms with Crippen LogP contribution in [0.3, 0.4) is 0 Å². The molecule has 1 aromatic carbocycles. The number of hydrogen-bond acceptors (Lipinski definition) is 4. The molecule has 0 fully saturated rings. The van der Waals surface area contributed by atoms with Crippen LogP contribution < -0.4 is 0 Å². The van der Waals surface area contributed by atoms with Crippen LogP contribution in [0.25, 0.3) is 0 Å². The average molecular weight is 167 g/mol. The molecule has 0 unspecified atom stereocenters. The molecule has 3 nitrogen and oxygen atoms in total. The summed E-state index contributed by atoms with van der Waals surface area (Å²) in [5.41, 5.74) is 1.11. The van der Waals surface area contributed by atoms with Gasteiger partial charge in [-0.3, -0.25) is 4.79 Å². The van der Waals surface area contributed by atoms with Gasteiger partial charge in [-0.25, -0.2) is 0 Å². The molecule has 0 radical (unpaired) electrons. The third-order valence-corrected chi connectivity index (χ3v) is 1.77. The molecule has 1 rings (SSSR count). The Morgan fingerprint density at radius 3 is 2.36 bits per heavy atom. The molecule has 0 N–H and O–H groups in total. The summed E-state index contributed by atoms with van der Waals surface area (Å²) in [5, 5.41) is 2.72. The molecule has 0 aromatic heterocycles. The van der Waals surface area contributed by atoms with E-state index in [1.54, 1.807) is 24.3 Å². The van der Waals surface area contributed by atoms with E-state index in [0.29, 0.717) is 5.69 Å². The van der Waals surface area contributed by atoms with E-state index < -0.39 is 0 Å². The van der Waals surface area contributed by atoms with Gasteiger partial charge in [0.15, 0.2) is 5.62 Å². The first kappa shape index (κ1) is 7.94. The first-order valence-corrected chi connectivity index (χ1v) is 3.78. The summed E-state index contributed by atoms with van der Waals surface area (Å²) < 4.78 is 0. The maximum atomic E-state index is 10.0. The summed E-state index contributed by atoms with van der Waals surface area (Å²) in [6.07, 6.45) is 0. The van der Waals surface area contributed by atoms with Crippen molar-refractivity contribution in [2.45, 2.75) is 4.90 Å². The zero-order chi connectivity index (χ0) is 8.10. The van der Waals surface area contributed by atoms with Crippen LogP contribution in [0.5, 0.6) is 0 Å². The molecular weight excluding hydrogens is 162 g/mol. The maximum absolute atomic E-state index is 10.0. The Labute approximate surface area is 67.8 Å². The van der Waals surface area contributed by atoms with Gasteiger partial charge < -0.3 is 0 Å². The van der Waals surface area contributed by atoms with Gasteiger partial charge in [-0.05, 0) is 29.4 Å². The van der Waals surface area contributed by atoms with E-state index >= 15 is 0 Å². The molecule has 0 heterocycles. The Bertz CT molecular complexity index is 258. The van der Waals surface area contributed by atoms with E-state index in [-0.39, 0.29) is 0 Å². The Morgan fingerprint density at radius 2 is 1.91 bits per heavy atom. The molecular formula is C7H5NO2S. The van der Waals surface area contributed by atoms with Crippen LogP contribution in [0.2, 0.25) is 0 Å². The quantitative estimate of drug-likeness (QED) is 0.394. The lowest BCUT2D eigenvalue weighted by Crippen LogP contribution is -1.68. The largest absolute Gasteiger partial charge is 0.291 e. The van der Waals surface area contributed by atoms with Crippen LogP contribution in [0.4, 0.5) is 5.69 Å². The molecule has 11 heavy (non-hydrogen) atoms. The highest BCUT2D eigenvalue weighted by atomic mass is 32.2. The number of nitroso groups, excluding NO2 is 1. The fraction of sp³-hybridized carbons (Fsp3) is 0. The summed E-state index contributed by atoms with van der Waals surface area (Å²) in [6, 6.07) is 6.49. The first-order chi connectivity index (χ1) is 5.36. The van der Waals surface area contributed by atoms with Crippen molar-refractivity contribution in [1.29, 1.82) is 0 Å². The topological polar surface area (TPSA) is 46.5 Å². The summed E-state index contributed by atoms with van der Waals surface area (Å²) in [7, 11) is 0. The van der Waals surface area contributed by atoms with Crippen LogP contribution in [0, 0.1) is 4.91 Å². The lowest BCUT2D eigenvalue weighted by Gasteiger charge is -1.91. The van der Waals surface area contributed by atoms with Gasteiger partial charge in [-0.2, -0.15) is 0 Å². The van der Waals surface area contributed by atoms with Crippen molar-refractivity contribution >= 4 is 23.1 Å². The van der Waals surface area contributed by atoms with Gasteiger partial charge in [0.1, 0.15) is 5.69 Å². The van der Waals surface area contributed by atoms with Crippen molar-refractivity contribution in [3.05, 3.63) is 29.2 Å². The number of benzene rings is 1. The van der Waals surface area contributed by atoms with Gasteiger partial charge in [0.05, 0.1) is 0 Å². The fourth-order valence-corrected chi connectivity index (χ4v) is 1.05. The second-order valence-electron chi connectivity index (χ2n) is 1.80. The predicted molar refractivity (Wildman–Crippen MR) is 44.5 cm³/mol. The van der Waals surface area contributed by atoms with Crippen LogP contribution in [-0.2, 0) is 4.79 Å². The van der Waals surface area contributed by atoms with Crippen molar-refractivity contribution in [3.8, 4) is 0 Å². The Kier molecular flexibility index (Phi) is 2.80. The van der Waals surface area contributed by atoms with Crippen LogP contribution in [0.15, 0.2) is 34.3 Å². The Hall–Kier alpha value is -1.16. The summed E-state index contributed by atoms with van der Waals surface area (Å²) in [4.78, 5) is 20.8. The van der Waals surface area contributed by atoms with Gasteiger partial charge in [-0.15, -0.1) is 4.91 Å². The molecule has 0 atom stereocenters. The molecule has 0 amide bonds. The summed E-state index contributed by atoms with van der Waals surface area (Å²) >= 11 is 1.07. The van der Waals surface area contributed by atoms with E-state index in [4.69, 9.17) is 0 Å². The number of hydrogen-bond donors (Lipinski definition) is 0. The number of carbonyl (C=O) groups excluding carboxylic acids is 1. The molecule has 4 heteroatoms. The van der Waals surface area contributed by atoms with E-state index in [9.17, 15) is 9.70 Å². The zero-order valence-corrected chi connectivity index (χ0v) is 6.38. The second-order valence-corrected chi connectivity index (χ2v) is 2.70. The summed E-state index contributed by atoms with van der Waals surface area (Å²) in [5.74, 6) is 0. The van der Waals surface area contributed by atoms with Crippen molar-refractivity contribution in [3.63, 3.8) is 0 Å². The second kappa shape index (κ2) is 3.88. The molecule has 0 aliphatic heterocycles.